The van der Waals surface area contributed by atoms with E-state index in [9.17, 15) is 18.0 Å². The van der Waals surface area contributed by atoms with Gasteiger partial charge in [0.15, 0.2) is 11.5 Å². The minimum absolute atomic E-state index is 0.0581. The molecule has 0 radical (unpaired) electrons. The Balaban J connectivity index is 1.81. The van der Waals surface area contributed by atoms with Crippen molar-refractivity contribution in [3.05, 3.63) is 30.6 Å². The van der Waals surface area contributed by atoms with Gasteiger partial charge in [-0.1, -0.05) is 0 Å². The number of ether oxygens (including phenoxy) is 2. The molecule has 0 spiro atoms. The van der Waals surface area contributed by atoms with Crippen LogP contribution in [0.25, 0.3) is 11.3 Å². The zero-order valence-corrected chi connectivity index (χ0v) is 15.1. The second kappa shape index (κ2) is 7.91. The molecule has 1 aliphatic rings. The van der Waals surface area contributed by atoms with Gasteiger partial charge in [0.2, 0.25) is 5.91 Å². The summed E-state index contributed by atoms with van der Waals surface area (Å²) in [5.41, 5.74) is 6.44. The van der Waals surface area contributed by atoms with Crippen LogP contribution in [0.5, 0.6) is 11.5 Å². The van der Waals surface area contributed by atoms with Crippen LogP contribution in [0.3, 0.4) is 0 Å². The Bertz CT molecular complexity index is 852. The number of methoxy groups -OCH3 is 1. The number of piperidine rings is 1. The summed E-state index contributed by atoms with van der Waals surface area (Å²) in [6, 6.07) is 5.81. The highest BCUT2D eigenvalue weighted by Gasteiger charge is 2.32. The maximum atomic E-state index is 12.5. The number of alkyl halides is 3. The fourth-order valence-electron chi connectivity index (χ4n) is 3.11. The van der Waals surface area contributed by atoms with E-state index in [1.54, 1.807) is 6.07 Å². The van der Waals surface area contributed by atoms with E-state index in [0.29, 0.717) is 43.0 Å². The summed E-state index contributed by atoms with van der Waals surface area (Å²) in [7, 11) is 1.26. The van der Waals surface area contributed by atoms with E-state index in [1.165, 1.54) is 31.6 Å². The maximum Gasteiger partial charge on any atom is 0.573 e. The van der Waals surface area contributed by atoms with Crippen molar-refractivity contribution in [3.63, 3.8) is 0 Å². The number of anilines is 1. The summed E-state index contributed by atoms with van der Waals surface area (Å²) >= 11 is 0. The van der Waals surface area contributed by atoms with Crippen molar-refractivity contribution in [1.29, 1.82) is 0 Å². The average Bonchev–Trinajstić information content (AvgIpc) is 2.67. The van der Waals surface area contributed by atoms with Gasteiger partial charge >= 0.3 is 6.36 Å². The van der Waals surface area contributed by atoms with E-state index in [-0.39, 0.29) is 17.6 Å². The molecule has 28 heavy (non-hydrogen) atoms. The number of halogens is 3. The molecule has 0 bridgehead atoms. The monoisotopic (exact) mass is 396 g/mol. The Labute approximate surface area is 159 Å². The molecule has 1 aromatic carbocycles. The van der Waals surface area contributed by atoms with Crippen molar-refractivity contribution >= 4 is 11.7 Å². The van der Waals surface area contributed by atoms with Crippen LogP contribution in [0.2, 0.25) is 0 Å². The molecule has 0 unspecified atom stereocenters. The highest BCUT2D eigenvalue weighted by molar-refractivity contribution is 5.77. The van der Waals surface area contributed by atoms with Crippen molar-refractivity contribution in [3.8, 4) is 22.8 Å². The molecule has 1 fully saturated rings. The molecular weight excluding hydrogens is 377 g/mol. The molecule has 1 aliphatic heterocycles. The van der Waals surface area contributed by atoms with Crippen molar-refractivity contribution < 1.29 is 27.4 Å². The van der Waals surface area contributed by atoms with Gasteiger partial charge in [0, 0.05) is 30.6 Å². The predicted molar refractivity (Wildman–Crippen MR) is 94.8 cm³/mol. The summed E-state index contributed by atoms with van der Waals surface area (Å²) in [5, 5.41) is 0. The molecule has 2 heterocycles. The number of nitrogens with zero attached hydrogens (tertiary/aromatic N) is 3. The number of amides is 1. The van der Waals surface area contributed by atoms with Crippen LogP contribution in [0.15, 0.2) is 30.6 Å². The summed E-state index contributed by atoms with van der Waals surface area (Å²) in [5.74, 6) is -0.249. The second-order valence-corrected chi connectivity index (χ2v) is 6.34. The van der Waals surface area contributed by atoms with Crippen LogP contribution in [0.4, 0.5) is 19.0 Å². The van der Waals surface area contributed by atoms with Gasteiger partial charge < -0.3 is 20.1 Å². The SMILES string of the molecule is COc1cc(-c2cc(N3CCC(C(N)=O)CC3)ncn2)ccc1OC(F)(F)F. The Morgan fingerprint density at radius 1 is 1.18 bits per heavy atom. The molecule has 1 saturated heterocycles. The van der Waals surface area contributed by atoms with Crippen LogP contribution in [0.1, 0.15) is 12.8 Å². The lowest BCUT2D eigenvalue weighted by Gasteiger charge is -2.31. The number of hydrogen-bond acceptors (Lipinski definition) is 6. The van der Waals surface area contributed by atoms with E-state index in [0.717, 1.165) is 0 Å². The summed E-state index contributed by atoms with van der Waals surface area (Å²) in [6.07, 6.45) is -2.14. The minimum Gasteiger partial charge on any atom is -0.493 e. The van der Waals surface area contributed by atoms with Crippen LogP contribution in [-0.2, 0) is 4.79 Å². The number of hydrogen-bond donors (Lipinski definition) is 1. The fraction of sp³-hybridized carbons (Fsp3) is 0.389. The van der Waals surface area contributed by atoms with Gasteiger partial charge in [0.05, 0.1) is 12.8 Å². The number of aromatic nitrogens is 2. The first kappa shape index (κ1) is 19.7. The normalized spacial score (nSPS) is 15.4. The highest BCUT2D eigenvalue weighted by Crippen LogP contribution is 2.35. The molecule has 1 aromatic heterocycles. The van der Waals surface area contributed by atoms with Gasteiger partial charge in [-0.25, -0.2) is 9.97 Å². The summed E-state index contributed by atoms with van der Waals surface area (Å²) in [6.45, 7) is 1.26. The van der Waals surface area contributed by atoms with Gasteiger partial charge in [-0.15, -0.1) is 13.2 Å². The average molecular weight is 396 g/mol. The Hall–Kier alpha value is -3.04. The molecule has 7 nitrogen and oxygen atoms in total. The number of carbonyl (C=O) groups is 1. The first-order valence-electron chi connectivity index (χ1n) is 8.57. The molecule has 1 amide bonds. The molecule has 0 saturated carbocycles. The van der Waals surface area contributed by atoms with Crippen molar-refractivity contribution in [2.24, 2.45) is 11.7 Å². The van der Waals surface area contributed by atoms with Gasteiger partial charge in [0.25, 0.3) is 0 Å². The van der Waals surface area contributed by atoms with Crippen LogP contribution >= 0.6 is 0 Å². The van der Waals surface area contributed by atoms with Gasteiger partial charge in [-0.3, -0.25) is 4.79 Å². The fourth-order valence-corrected chi connectivity index (χ4v) is 3.11. The van der Waals surface area contributed by atoms with Crippen LogP contribution < -0.4 is 20.1 Å². The first-order chi connectivity index (χ1) is 13.3. The number of nitrogens with two attached hydrogens (primary N) is 1. The number of primary amides is 1. The third-order valence-electron chi connectivity index (χ3n) is 4.56. The van der Waals surface area contributed by atoms with E-state index in [1.807, 2.05) is 4.90 Å². The standard InChI is InChI=1S/C18H19F3N4O3/c1-27-15-8-12(2-3-14(15)28-18(19,20)21)13-9-16(24-10-23-13)25-6-4-11(5-7-25)17(22)26/h2-3,8-11H,4-7H2,1H3,(H2,22,26). The Morgan fingerprint density at radius 3 is 2.50 bits per heavy atom. The molecular formula is C18H19F3N4O3. The third kappa shape index (κ3) is 4.62. The quantitative estimate of drug-likeness (QED) is 0.836. The lowest BCUT2D eigenvalue weighted by Crippen LogP contribution is -2.38. The largest absolute Gasteiger partial charge is 0.573 e. The summed E-state index contributed by atoms with van der Waals surface area (Å²) < 4.78 is 46.4. The number of rotatable bonds is 5. The molecule has 2 aromatic rings. The topological polar surface area (TPSA) is 90.6 Å². The third-order valence-corrected chi connectivity index (χ3v) is 4.56. The number of benzene rings is 1. The van der Waals surface area contributed by atoms with Crippen molar-refractivity contribution in [2.45, 2.75) is 19.2 Å². The zero-order valence-electron chi connectivity index (χ0n) is 15.1. The first-order valence-corrected chi connectivity index (χ1v) is 8.57. The number of carbonyl (C=O) groups excluding carboxylic acids is 1. The molecule has 3 rings (SSSR count). The molecule has 150 valence electrons. The highest BCUT2D eigenvalue weighted by atomic mass is 19.4. The molecule has 0 atom stereocenters. The second-order valence-electron chi connectivity index (χ2n) is 6.34. The zero-order chi connectivity index (χ0) is 20.3. The van der Waals surface area contributed by atoms with Crippen LogP contribution in [0, 0.1) is 5.92 Å². The maximum absolute atomic E-state index is 12.5. The van der Waals surface area contributed by atoms with E-state index in [2.05, 4.69) is 14.7 Å². The summed E-state index contributed by atoms with van der Waals surface area (Å²) in [4.78, 5) is 21.8. The van der Waals surface area contributed by atoms with Crippen molar-refractivity contribution in [2.75, 3.05) is 25.1 Å². The Morgan fingerprint density at radius 2 is 1.89 bits per heavy atom. The van der Waals surface area contributed by atoms with Crippen molar-refractivity contribution in [1.82, 2.24) is 9.97 Å². The molecule has 0 aliphatic carbocycles. The Kier molecular flexibility index (Phi) is 5.57. The lowest BCUT2D eigenvalue weighted by molar-refractivity contribution is -0.275. The van der Waals surface area contributed by atoms with Gasteiger partial charge in [0.1, 0.15) is 12.1 Å². The van der Waals surface area contributed by atoms with Gasteiger partial charge in [-0.05, 0) is 31.0 Å². The van der Waals surface area contributed by atoms with E-state index < -0.39 is 12.1 Å². The van der Waals surface area contributed by atoms with E-state index in [4.69, 9.17) is 10.5 Å². The van der Waals surface area contributed by atoms with Crippen LogP contribution in [-0.4, -0.2) is 42.4 Å². The van der Waals surface area contributed by atoms with Gasteiger partial charge in [-0.2, -0.15) is 0 Å². The minimum atomic E-state index is -4.81. The smallest absolute Gasteiger partial charge is 0.493 e. The predicted octanol–water partition coefficient (Wildman–Crippen LogP) is 2.75. The molecule has 10 heteroatoms. The molecule has 2 N–H and O–H groups in total. The lowest BCUT2D eigenvalue weighted by atomic mass is 9.96. The van der Waals surface area contributed by atoms with E-state index >= 15 is 0 Å².